The van der Waals surface area contributed by atoms with Crippen molar-refractivity contribution >= 4 is 16.8 Å². The Morgan fingerprint density at radius 2 is 1.89 bits per heavy atom. The molecular formula is C15H14N2O. The van der Waals surface area contributed by atoms with Crippen molar-refractivity contribution in [1.29, 1.82) is 0 Å². The third kappa shape index (κ3) is 1.64. The zero-order valence-electron chi connectivity index (χ0n) is 10.4. The summed E-state index contributed by atoms with van der Waals surface area (Å²) in [7, 11) is 0. The molecule has 2 N–H and O–H groups in total. The molecular weight excluding hydrogens is 224 g/mol. The third-order valence-corrected chi connectivity index (χ3v) is 3.21. The van der Waals surface area contributed by atoms with Gasteiger partial charge in [-0.25, -0.2) is 4.98 Å². The number of para-hydroxylation sites is 2. The monoisotopic (exact) mass is 238 g/mol. The van der Waals surface area contributed by atoms with Crippen LogP contribution < -0.4 is 5.73 Å². The summed E-state index contributed by atoms with van der Waals surface area (Å²) >= 11 is 0. The lowest BCUT2D eigenvalue weighted by atomic mass is 10.0. The van der Waals surface area contributed by atoms with Gasteiger partial charge in [-0.05, 0) is 49.2 Å². The first-order chi connectivity index (χ1) is 8.65. The van der Waals surface area contributed by atoms with E-state index in [1.165, 1.54) is 0 Å². The molecule has 3 aromatic rings. The first-order valence-electron chi connectivity index (χ1n) is 5.88. The number of hydrogen-bond acceptors (Lipinski definition) is 3. The molecule has 1 aromatic heterocycles. The molecule has 1 heterocycles. The van der Waals surface area contributed by atoms with Crippen molar-refractivity contribution in [1.82, 2.24) is 4.98 Å². The van der Waals surface area contributed by atoms with Gasteiger partial charge >= 0.3 is 0 Å². The van der Waals surface area contributed by atoms with Gasteiger partial charge in [-0.15, -0.1) is 0 Å². The molecule has 0 atom stereocenters. The van der Waals surface area contributed by atoms with Crippen LogP contribution in [0.3, 0.4) is 0 Å². The van der Waals surface area contributed by atoms with Gasteiger partial charge in [-0.3, -0.25) is 0 Å². The SMILES string of the molecule is Cc1cc(N)cc(-c2nc3ccccc3o2)c1C. The topological polar surface area (TPSA) is 52.0 Å². The standard InChI is InChI=1S/C15H14N2O/c1-9-7-11(16)8-12(10(9)2)15-17-13-5-3-4-6-14(13)18-15/h3-8H,16H2,1-2H3. The molecule has 3 nitrogen and oxygen atoms in total. The Morgan fingerprint density at radius 3 is 2.67 bits per heavy atom. The lowest BCUT2D eigenvalue weighted by Crippen LogP contribution is -1.92. The van der Waals surface area contributed by atoms with Crippen LogP contribution in [0.25, 0.3) is 22.6 Å². The number of aromatic nitrogens is 1. The van der Waals surface area contributed by atoms with Gasteiger partial charge in [0, 0.05) is 11.3 Å². The second kappa shape index (κ2) is 3.88. The van der Waals surface area contributed by atoms with E-state index >= 15 is 0 Å². The number of nitrogens with zero attached hydrogens (tertiary/aromatic N) is 1. The Hall–Kier alpha value is -2.29. The summed E-state index contributed by atoms with van der Waals surface area (Å²) in [4.78, 5) is 4.50. The minimum atomic E-state index is 0.629. The van der Waals surface area contributed by atoms with Crippen LogP contribution >= 0.6 is 0 Å². The van der Waals surface area contributed by atoms with Gasteiger partial charge in [0.25, 0.3) is 0 Å². The van der Waals surface area contributed by atoms with Crippen LogP contribution in [-0.4, -0.2) is 4.98 Å². The number of nitrogens with two attached hydrogens (primary N) is 1. The summed E-state index contributed by atoms with van der Waals surface area (Å²) in [6, 6.07) is 11.6. The van der Waals surface area contributed by atoms with E-state index in [1.807, 2.05) is 43.3 Å². The molecule has 0 bridgehead atoms. The molecule has 0 spiro atoms. The molecule has 0 aliphatic heterocycles. The maximum atomic E-state index is 5.89. The number of nitrogen functional groups attached to an aromatic ring is 1. The quantitative estimate of drug-likeness (QED) is 0.658. The molecule has 0 saturated heterocycles. The van der Waals surface area contributed by atoms with Crippen molar-refractivity contribution in [3.63, 3.8) is 0 Å². The average molecular weight is 238 g/mol. The number of anilines is 1. The van der Waals surface area contributed by atoms with Crippen LogP contribution in [0.2, 0.25) is 0 Å². The highest BCUT2D eigenvalue weighted by atomic mass is 16.3. The molecule has 0 saturated carbocycles. The average Bonchev–Trinajstić information content (AvgIpc) is 2.77. The van der Waals surface area contributed by atoms with Gasteiger partial charge < -0.3 is 10.2 Å². The van der Waals surface area contributed by atoms with Crippen molar-refractivity contribution in [3.05, 3.63) is 47.5 Å². The van der Waals surface area contributed by atoms with E-state index in [0.29, 0.717) is 5.89 Å². The van der Waals surface area contributed by atoms with E-state index in [0.717, 1.165) is 33.5 Å². The van der Waals surface area contributed by atoms with Crippen LogP contribution in [-0.2, 0) is 0 Å². The van der Waals surface area contributed by atoms with Crippen molar-refractivity contribution in [2.45, 2.75) is 13.8 Å². The van der Waals surface area contributed by atoms with Crippen LogP contribution in [0, 0.1) is 13.8 Å². The predicted octanol–water partition coefficient (Wildman–Crippen LogP) is 3.69. The fourth-order valence-corrected chi connectivity index (χ4v) is 2.10. The predicted molar refractivity (Wildman–Crippen MR) is 73.3 cm³/mol. The highest BCUT2D eigenvalue weighted by Crippen LogP contribution is 2.30. The minimum Gasteiger partial charge on any atom is -0.436 e. The zero-order chi connectivity index (χ0) is 12.7. The molecule has 0 unspecified atom stereocenters. The lowest BCUT2D eigenvalue weighted by molar-refractivity contribution is 0.619. The molecule has 0 aliphatic rings. The Morgan fingerprint density at radius 1 is 1.11 bits per heavy atom. The normalized spacial score (nSPS) is 11.0. The molecule has 18 heavy (non-hydrogen) atoms. The second-order valence-corrected chi connectivity index (χ2v) is 4.50. The van der Waals surface area contributed by atoms with Gasteiger partial charge in [0.2, 0.25) is 5.89 Å². The summed E-state index contributed by atoms with van der Waals surface area (Å²) in [6.07, 6.45) is 0. The smallest absolute Gasteiger partial charge is 0.227 e. The van der Waals surface area contributed by atoms with Gasteiger partial charge in [0.05, 0.1) is 0 Å². The van der Waals surface area contributed by atoms with E-state index in [2.05, 4.69) is 11.9 Å². The van der Waals surface area contributed by atoms with Crippen LogP contribution in [0.1, 0.15) is 11.1 Å². The number of oxazole rings is 1. The van der Waals surface area contributed by atoms with Crippen molar-refractivity contribution in [3.8, 4) is 11.5 Å². The Balaban J connectivity index is 2.26. The number of aryl methyl sites for hydroxylation is 1. The van der Waals surface area contributed by atoms with Crippen molar-refractivity contribution in [2.75, 3.05) is 5.73 Å². The van der Waals surface area contributed by atoms with Crippen LogP contribution in [0.4, 0.5) is 5.69 Å². The molecule has 3 rings (SSSR count). The second-order valence-electron chi connectivity index (χ2n) is 4.50. The Bertz CT molecular complexity index is 695. The van der Waals surface area contributed by atoms with Crippen LogP contribution in [0.5, 0.6) is 0 Å². The van der Waals surface area contributed by atoms with E-state index in [4.69, 9.17) is 10.2 Å². The van der Waals surface area contributed by atoms with Crippen molar-refractivity contribution in [2.24, 2.45) is 0 Å². The first kappa shape index (κ1) is 10.8. The number of hydrogen-bond donors (Lipinski definition) is 1. The summed E-state index contributed by atoms with van der Waals surface area (Å²) in [5, 5.41) is 0. The summed E-state index contributed by atoms with van der Waals surface area (Å²) in [6.45, 7) is 4.09. The molecule has 0 fully saturated rings. The maximum Gasteiger partial charge on any atom is 0.227 e. The third-order valence-electron chi connectivity index (χ3n) is 3.21. The summed E-state index contributed by atoms with van der Waals surface area (Å²) < 4.78 is 5.78. The number of benzene rings is 2. The molecule has 3 heteroatoms. The number of rotatable bonds is 1. The number of fused-ring (bicyclic) bond motifs is 1. The van der Waals surface area contributed by atoms with Gasteiger partial charge in [-0.1, -0.05) is 12.1 Å². The van der Waals surface area contributed by atoms with E-state index < -0.39 is 0 Å². The molecule has 0 amide bonds. The highest BCUT2D eigenvalue weighted by Gasteiger charge is 2.12. The fraction of sp³-hybridized carbons (Fsp3) is 0.133. The van der Waals surface area contributed by atoms with E-state index in [9.17, 15) is 0 Å². The molecule has 0 aliphatic carbocycles. The minimum absolute atomic E-state index is 0.629. The molecule has 2 aromatic carbocycles. The lowest BCUT2D eigenvalue weighted by Gasteiger charge is -2.06. The Kier molecular flexibility index (Phi) is 2.33. The molecule has 0 radical (unpaired) electrons. The molecule has 90 valence electrons. The summed E-state index contributed by atoms with van der Waals surface area (Å²) in [5.74, 6) is 0.629. The van der Waals surface area contributed by atoms with E-state index in [1.54, 1.807) is 0 Å². The van der Waals surface area contributed by atoms with E-state index in [-0.39, 0.29) is 0 Å². The maximum absolute atomic E-state index is 5.89. The fourth-order valence-electron chi connectivity index (χ4n) is 2.10. The van der Waals surface area contributed by atoms with Crippen molar-refractivity contribution < 1.29 is 4.42 Å². The van der Waals surface area contributed by atoms with Crippen LogP contribution in [0.15, 0.2) is 40.8 Å². The van der Waals surface area contributed by atoms with Gasteiger partial charge in [-0.2, -0.15) is 0 Å². The van der Waals surface area contributed by atoms with Gasteiger partial charge in [0.15, 0.2) is 5.58 Å². The van der Waals surface area contributed by atoms with Gasteiger partial charge in [0.1, 0.15) is 5.52 Å². The Labute approximate surface area is 105 Å². The first-order valence-corrected chi connectivity index (χ1v) is 5.88. The highest BCUT2D eigenvalue weighted by molar-refractivity contribution is 5.77. The largest absolute Gasteiger partial charge is 0.436 e. The zero-order valence-corrected chi connectivity index (χ0v) is 10.4. The summed E-state index contributed by atoms with van der Waals surface area (Å²) in [5.41, 5.74) is 11.5.